The number of ether oxygens (including phenoxy) is 3. The van der Waals surface area contributed by atoms with E-state index in [0.717, 1.165) is 28.4 Å². The predicted molar refractivity (Wildman–Crippen MR) is 113 cm³/mol. The number of methoxy groups -OCH3 is 2. The van der Waals surface area contributed by atoms with Crippen LogP contribution in [0.3, 0.4) is 0 Å². The zero-order valence-electron chi connectivity index (χ0n) is 15.5. The molecule has 6 heteroatoms. The minimum Gasteiger partial charge on any atom is -0.497 e. The molecule has 0 unspecified atom stereocenters. The summed E-state index contributed by atoms with van der Waals surface area (Å²) in [4.78, 5) is 12.8. The maximum absolute atomic E-state index is 12.2. The molecular formula is C22H19ClO4S. The largest absolute Gasteiger partial charge is 0.497 e. The van der Waals surface area contributed by atoms with E-state index >= 15 is 0 Å². The van der Waals surface area contributed by atoms with Crippen molar-refractivity contribution in [2.24, 2.45) is 0 Å². The van der Waals surface area contributed by atoms with Gasteiger partial charge in [-0.25, -0.2) is 0 Å². The van der Waals surface area contributed by atoms with Crippen LogP contribution in [0.4, 0.5) is 0 Å². The highest BCUT2D eigenvalue weighted by Crippen LogP contribution is 2.25. The molecule has 144 valence electrons. The van der Waals surface area contributed by atoms with E-state index in [1.807, 2.05) is 42.5 Å². The lowest BCUT2D eigenvalue weighted by Crippen LogP contribution is -1.99. The molecule has 4 nitrogen and oxygen atoms in total. The van der Waals surface area contributed by atoms with Crippen LogP contribution in [0, 0.1) is 0 Å². The second kappa shape index (κ2) is 9.44. The van der Waals surface area contributed by atoms with Crippen molar-refractivity contribution in [3.05, 3.63) is 81.0 Å². The fourth-order valence-electron chi connectivity index (χ4n) is 2.55. The van der Waals surface area contributed by atoms with Crippen LogP contribution < -0.4 is 14.2 Å². The first-order chi connectivity index (χ1) is 13.6. The van der Waals surface area contributed by atoms with E-state index in [1.54, 1.807) is 32.4 Å². The molecule has 0 aliphatic rings. The van der Waals surface area contributed by atoms with Crippen LogP contribution in [-0.4, -0.2) is 20.0 Å². The summed E-state index contributed by atoms with van der Waals surface area (Å²) >= 11 is 7.15. The molecule has 3 aromatic rings. The minimum absolute atomic E-state index is 0.0799. The number of thiophene rings is 1. The Kier molecular flexibility index (Phi) is 6.74. The van der Waals surface area contributed by atoms with E-state index < -0.39 is 0 Å². The number of carbonyl (C=O) groups excluding carboxylic acids is 1. The Balaban J connectivity index is 1.71. The first kappa shape index (κ1) is 20.0. The molecule has 3 rings (SSSR count). The Morgan fingerprint density at radius 1 is 1.00 bits per heavy atom. The number of allylic oxidation sites excluding steroid dienone is 1. The topological polar surface area (TPSA) is 44.8 Å². The van der Waals surface area contributed by atoms with Crippen molar-refractivity contribution in [1.82, 2.24) is 0 Å². The number of hydrogen-bond donors (Lipinski definition) is 0. The van der Waals surface area contributed by atoms with E-state index in [9.17, 15) is 4.79 Å². The molecule has 0 amide bonds. The van der Waals surface area contributed by atoms with Crippen molar-refractivity contribution >= 4 is 34.8 Å². The first-order valence-corrected chi connectivity index (χ1v) is 9.70. The zero-order valence-corrected chi connectivity index (χ0v) is 17.0. The summed E-state index contributed by atoms with van der Waals surface area (Å²) < 4.78 is 17.0. The van der Waals surface area contributed by atoms with Crippen molar-refractivity contribution in [2.45, 2.75) is 6.61 Å². The minimum atomic E-state index is -0.0799. The Morgan fingerprint density at radius 3 is 2.39 bits per heavy atom. The normalized spacial score (nSPS) is 10.8. The van der Waals surface area contributed by atoms with Crippen LogP contribution >= 0.6 is 22.9 Å². The maximum Gasteiger partial charge on any atom is 0.195 e. The molecule has 0 saturated heterocycles. The van der Waals surface area contributed by atoms with Gasteiger partial charge in [0.25, 0.3) is 0 Å². The van der Waals surface area contributed by atoms with Gasteiger partial charge in [0.1, 0.15) is 23.9 Å². The average molecular weight is 415 g/mol. The molecule has 0 bridgehead atoms. The molecular weight excluding hydrogens is 396 g/mol. The molecule has 0 saturated carbocycles. The number of halogens is 1. The Labute approximate surface area is 172 Å². The standard InChI is InChI=1S/C22H19ClO4S/c1-25-17-5-7-18(8-6-17)27-14-16-13-15(4-10-20(16)26-2)3-9-19(24)21-11-12-22(23)28-21/h3-13H,14H2,1-2H3/b9-3+. The number of benzene rings is 2. The van der Waals surface area contributed by atoms with E-state index in [1.165, 1.54) is 17.4 Å². The van der Waals surface area contributed by atoms with E-state index in [2.05, 4.69) is 0 Å². The monoisotopic (exact) mass is 414 g/mol. The Morgan fingerprint density at radius 2 is 1.75 bits per heavy atom. The van der Waals surface area contributed by atoms with Crippen LogP contribution in [0.5, 0.6) is 17.2 Å². The van der Waals surface area contributed by atoms with Gasteiger partial charge in [-0.15, -0.1) is 11.3 Å². The summed E-state index contributed by atoms with van der Waals surface area (Å²) in [5.41, 5.74) is 1.76. The van der Waals surface area contributed by atoms with Gasteiger partial charge in [0.05, 0.1) is 23.4 Å². The number of rotatable bonds is 8. The average Bonchev–Trinajstić information content (AvgIpc) is 3.17. The molecule has 0 atom stereocenters. The molecule has 2 aromatic carbocycles. The van der Waals surface area contributed by atoms with Gasteiger partial charge < -0.3 is 14.2 Å². The van der Waals surface area contributed by atoms with Gasteiger partial charge in [-0.1, -0.05) is 23.7 Å². The summed E-state index contributed by atoms with van der Waals surface area (Å²) in [6, 6.07) is 16.5. The Hall–Kier alpha value is -2.76. The fourth-order valence-corrected chi connectivity index (χ4v) is 3.51. The van der Waals surface area contributed by atoms with Gasteiger partial charge in [0.15, 0.2) is 5.78 Å². The van der Waals surface area contributed by atoms with Crippen molar-refractivity contribution in [3.63, 3.8) is 0 Å². The lowest BCUT2D eigenvalue weighted by molar-refractivity contribution is 0.105. The quantitative estimate of drug-likeness (QED) is 0.340. The number of hydrogen-bond acceptors (Lipinski definition) is 5. The maximum atomic E-state index is 12.2. The Bertz CT molecular complexity index is 976. The second-order valence-corrected chi connectivity index (χ2v) is 7.55. The summed E-state index contributed by atoms with van der Waals surface area (Å²) in [6.07, 6.45) is 3.31. The highest BCUT2D eigenvalue weighted by atomic mass is 35.5. The molecule has 1 aromatic heterocycles. The third-order valence-electron chi connectivity index (χ3n) is 4.00. The van der Waals surface area contributed by atoms with Crippen molar-refractivity contribution in [2.75, 3.05) is 14.2 Å². The van der Waals surface area contributed by atoms with Gasteiger partial charge >= 0.3 is 0 Å². The van der Waals surface area contributed by atoms with Gasteiger partial charge in [-0.05, 0) is 60.2 Å². The molecule has 0 radical (unpaired) electrons. The molecule has 28 heavy (non-hydrogen) atoms. The van der Waals surface area contributed by atoms with Crippen LogP contribution in [0.1, 0.15) is 20.8 Å². The summed E-state index contributed by atoms with van der Waals surface area (Å²) in [5, 5.41) is 0. The van der Waals surface area contributed by atoms with Crippen LogP contribution in [0.25, 0.3) is 6.08 Å². The molecule has 0 spiro atoms. The summed E-state index contributed by atoms with van der Waals surface area (Å²) in [6.45, 7) is 0.339. The van der Waals surface area contributed by atoms with E-state index in [0.29, 0.717) is 15.8 Å². The van der Waals surface area contributed by atoms with Crippen molar-refractivity contribution in [3.8, 4) is 17.2 Å². The van der Waals surface area contributed by atoms with Gasteiger partial charge in [0.2, 0.25) is 0 Å². The smallest absolute Gasteiger partial charge is 0.195 e. The van der Waals surface area contributed by atoms with Crippen LogP contribution in [0.2, 0.25) is 4.34 Å². The van der Waals surface area contributed by atoms with Gasteiger partial charge in [-0.2, -0.15) is 0 Å². The highest BCUT2D eigenvalue weighted by molar-refractivity contribution is 7.18. The molecule has 0 aliphatic carbocycles. The van der Waals surface area contributed by atoms with Crippen molar-refractivity contribution < 1.29 is 19.0 Å². The third-order valence-corrected chi connectivity index (χ3v) is 5.25. The molecule has 0 aliphatic heterocycles. The summed E-state index contributed by atoms with van der Waals surface area (Å²) in [5.74, 6) is 2.15. The van der Waals surface area contributed by atoms with Gasteiger partial charge in [0, 0.05) is 5.56 Å². The SMILES string of the molecule is COc1ccc(OCc2cc(/C=C/C(=O)c3ccc(Cl)s3)ccc2OC)cc1. The first-order valence-electron chi connectivity index (χ1n) is 8.50. The lowest BCUT2D eigenvalue weighted by Gasteiger charge is -2.11. The van der Waals surface area contributed by atoms with Crippen molar-refractivity contribution in [1.29, 1.82) is 0 Å². The number of carbonyl (C=O) groups is 1. The molecule has 1 heterocycles. The van der Waals surface area contributed by atoms with Crippen LogP contribution in [0.15, 0.2) is 60.7 Å². The second-order valence-electron chi connectivity index (χ2n) is 5.84. The van der Waals surface area contributed by atoms with Crippen LogP contribution in [-0.2, 0) is 6.61 Å². The van der Waals surface area contributed by atoms with Gasteiger partial charge in [-0.3, -0.25) is 4.79 Å². The fraction of sp³-hybridized carbons (Fsp3) is 0.136. The summed E-state index contributed by atoms with van der Waals surface area (Å²) in [7, 11) is 3.24. The third kappa shape index (κ3) is 5.15. The predicted octanol–water partition coefficient (Wildman–Crippen LogP) is 5.89. The highest BCUT2D eigenvalue weighted by Gasteiger charge is 2.07. The van der Waals surface area contributed by atoms with E-state index in [4.69, 9.17) is 25.8 Å². The zero-order chi connectivity index (χ0) is 19.9. The molecule has 0 fully saturated rings. The lowest BCUT2D eigenvalue weighted by atomic mass is 10.1. The number of ketones is 1. The van der Waals surface area contributed by atoms with E-state index in [-0.39, 0.29) is 5.78 Å². The molecule has 0 N–H and O–H groups in total.